The number of carbonyl (C=O) groups is 1. The molecule has 0 bridgehead atoms. The molecule has 33 heavy (non-hydrogen) atoms. The summed E-state index contributed by atoms with van der Waals surface area (Å²) in [4.78, 5) is 30.1. The maximum atomic E-state index is 13.3. The molecule has 6 nitrogen and oxygen atoms in total. The van der Waals surface area contributed by atoms with Gasteiger partial charge in [-0.25, -0.2) is 0 Å². The summed E-state index contributed by atoms with van der Waals surface area (Å²) < 4.78 is 0.871. The SMILES string of the molecule is CCC#Cc1cccc([C@@H](CN2CC[C@H](O)C2)C(C(=O)NC)c2ccc3sc(=O)[nH]c3c2)c1. The zero-order valence-corrected chi connectivity index (χ0v) is 19.7. The molecular formula is C26H29N3O3S. The maximum Gasteiger partial charge on any atom is 0.305 e. The van der Waals surface area contributed by atoms with E-state index in [-0.39, 0.29) is 22.8 Å². The Kier molecular flexibility index (Phi) is 7.29. The minimum Gasteiger partial charge on any atom is -0.392 e. The van der Waals surface area contributed by atoms with Gasteiger partial charge in [0.1, 0.15) is 0 Å². The van der Waals surface area contributed by atoms with E-state index in [1.165, 1.54) is 0 Å². The van der Waals surface area contributed by atoms with Crippen LogP contribution in [0.3, 0.4) is 0 Å². The lowest BCUT2D eigenvalue weighted by Crippen LogP contribution is -2.36. The number of likely N-dealkylation sites (N-methyl/N-ethyl adjacent to an activating group) is 1. The van der Waals surface area contributed by atoms with Gasteiger partial charge >= 0.3 is 4.87 Å². The largest absolute Gasteiger partial charge is 0.392 e. The van der Waals surface area contributed by atoms with E-state index in [1.54, 1.807) is 7.05 Å². The number of amides is 1. The second-order valence-corrected chi connectivity index (χ2v) is 9.47. The van der Waals surface area contributed by atoms with Crippen LogP contribution in [0.2, 0.25) is 0 Å². The smallest absolute Gasteiger partial charge is 0.305 e. The maximum absolute atomic E-state index is 13.3. The van der Waals surface area contributed by atoms with Crippen LogP contribution in [0.4, 0.5) is 0 Å². The summed E-state index contributed by atoms with van der Waals surface area (Å²) in [6, 6.07) is 13.9. The number of β-amino-alcohol motifs (C(OH)–C–C–N with tert-alkyl or cyclic N) is 1. The summed E-state index contributed by atoms with van der Waals surface area (Å²) in [6.07, 6.45) is 1.18. The molecule has 2 aromatic carbocycles. The van der Waals surface area contributed by atoms with E-state index < -0.39 is 5.92 Å². The molecule has 7 heteroatoms. The van der Waals surface area contributed by atoms with E-state index in [4.69, 9.17) is 0 Å². The minimum atomic E-state index is -0.463. The van der Waals surface area contributed by atoms with Gasteiger partial charge in [0.05, 0.1) is 22.2 Å². The minimum absolute atomic E-state index is 0.0817. The van der Waals surface area contributed by atoms with Crippen LogP contribution < -0.4 is 10.2 Å². The number of hydrogen-bond donors (Lipinski definition) is 3. The van der Waals surface area contributed by atoms with Crippen molar-refractivity contribution in [2.45, 2.75) is 37.7 Å². The van der Waals surface area contributed by atoms with Gasteiger partial charge in [0, 0.05) is 44.6 Å². The molecule has 3 aromatic rings. The molecule has 3 N–H and O–H groups in total. The van der Waals surface area contributed by atoms with Crippen LogP contribution >= 0.6 is 11.3 Å². The molecule has 4 rings (SSSR count). The molecule has 0 aliphatic carbocycles. The number of fused-ring (bicyclic) bond motifs is 1. The predicted octanol–water partition coefficient (Wildman–Crippen LogP) is 3.03. The van der Waals surface area contributed by atoms with Crippen molar-refractivity contribution >= 4 is 27.5 Å². The van der Waals surface area contributed by atoms with Crippen molar-refractivity contribution < 1.29 is 9.90 Å². The summed E-state index contributed by atoms with van der Waals surface area (Å²) >= 11 is 1.16. The van der Waals surface area contributed by atoms with Gasteiger partial charge in [0.2, 0.25) is 5.91 Å². The molecule has 1 aromatic heterocycles. The van der Waals surface area contributed by atoms with E-state index in [9.17, 15) is 14.7 Å². The van der Waals surface area contributed by atoms with E-state index in [2.05, 4.69) is 39.2 Å². The van der Waals surface area contributed by atoms with E-state index in [0.717, 1.165) is 57.6 Å². The number of aromatic amines is 1. The van der Waals surface area contributed by atoms with Crippen LogP contribution in [0.1, 0.15) is 48.3 Å². The number of likely N-dealkylation sites (tertiary alicyclic amines) is 1. The van der Waals surface area contributed by atoms with Crippen LogP contribution in [-0.4, -0.2) is 53.7 Å². The number of benzene rings is 2. The highest BCUT2D eigenvalue weighted by atomic mass is 32.1. The van der Waals surface area contributed by atoms with Gasteiger partial charge in [-0.2, -0.15) is 0 Å². The van der Waals surface area contributed by atoms with E-state index in [1.807, 2.05) is 37.3 Å². The fourth-order valence-electron chi connectivity index (χ4n) is 4.58. The van der Waals surface area contributed by atoms with Gasteiger partial charge in [0.15, 0.2) is 0 Å². The van der Waals surface area contributed by atoms with Crippen LogP contribution in [0.15, 0.2) is 47.3 Å². The summed E-state index contributed by atoms with van der Waals surface area (Å²) in [5.41, 5.74) is 3.56. The van der Waals surface area contributed by atoms with Gasteiger partial charge in [0.25, 0.3) is 0 Å². The Morgan fingerprint density at radius 3 is 2.88 bits per heavy atom. The summed E-state index contributed by atoms with van der Waals surface area (Å²) in [5, 5.41) is 12.9. The second kappa shape index (κ2) is 10.3. The zero-order valence-electron chi connectivity index (χ0n) is 18.9. The summed E-state index contributed by atoms with van der Waals surface area (Å²) in [6.45, 7) is 4.05. The number of hydrogen-bond acceptors (Lipinski definition) is 5. The molecule has 3 atom stereocenters. The van der Waals surface area contributed by atoms with E-state index in [0.29, 0.717) is 13.1 Å². The first-order valence-corrected chi connectivity index (χ1v) is 12.1. The number of aliphatic hydroxyl groups is 1. The molecule has 0 radical (unpaired) electrons. The van der Waals surface area contributed by atoms with E-state index >= 15 is 0 Å². The lowest BCUT2D eigenvalue weighted by molar-refractivity contribution is -0.122. The molecule has 1 aliphatic rings. The normalized spacial score (nSPS) is 18.0. The summed E-state index contributed by atoms with van der Waals surface area (Å²) in [7, 11) is 1.65. The monoisotopic (exact) mass is 463 g/mol. The molecule has 1 amide bonds. The van der Waals surface area contributed by atoms with Gasteiger partial charge in [-0.05, 0) is 41.8 Å². The molecule has 1 aliphatic heterocycles. The van der Waals surface area contributed by atoms with Crippen molar-refractivity contribution in [3.8, 4) is 11.8 Å². The number of nitrogens with zero attached hydrogens (tertiary/aromatic N) is 1. The van der Waals surface area contributed by atoms with Crippen molar-refractivity contribution in [2.75, 3.05) is 26.7 Å². The number of aliphatic hydroxyl groups excluding tert-OH is 1. The molecule has 0 saturated carbocycles. The third-order valence-corrected chi connectivity index (χ3v) is 7.02. The highest BCUT2D eigenvalue weighted by Gasteiger charge is 2.34. The topological polar surface area (TPSA) is 85.4 Å². The first-order valence-electron chi connectivity index (χ1n) is 11.3. The van der Waals surface area contributed by atoms with Gasteiger partial charge in [-0.1, -0.05) is 48.3 Å². The van der Waals surface area contributed by atoms with Crippen molar-refractivity contribution in [2.24, 2.45) is 0 Å². The molecule has 172 valence electrons. The highest BCUT2D eigenvalue weighted by Crippen LogP contribution is 2.36. The Balaban J connectivity index is 1.80. The molecule has 2 heterocycles. The van der Waals surface area contributed by atoms with Crippen LogP contribution in [0, 0.1) is 11.8 Å². The second-order valence-electron chi connectivity index (χ2n) is 8.45. The molecule has 1 saturated heterocycles. The van der Waals surface area contributed by atoms with Crippen molar-refractivity contribution in [3.05, 3.63) is 68.8 Å². The first kappa shape index (κ1) is 23.2. The number of H-pyrrole nitrogens is 1. The average molecular weight is 464 g/mol. The first-order chi connectivity index (χ1) is 16.0. The number of rotatable bonds is 6. The third-order valence-electron chi connectivity index (χ3n) is 6.16. The van der Waals surface area contributed by atoms with Crippen molar-refractivity contribution in [3.63, 3.8) is 0 Å². The van der Waals surface area contributed by atoms with Crippen LogP contribution in [0.25, 0.3) is 10.2 Å². The highest BCUT2D eigenvalue weighted by molar-refractivity contribution is 7.16. The standard InChI is InChI=1S/C26H29N3O3S/c1-3-4-6-17-7-5-8-18(13-17)21(16-29-12-11-20(30)15-29)24(25(31)27-2)19-9-10-23-22(14-19)28-26(32)33-23/h5,7-10,13-14,20-21,24,30H,3,11-12,15-16H2,1-2H3,(H,27,31)(H,28,32)/t20-,21+,24?/m0/s1. The Morgan fingerprint density at radius 1 is 1.30 bits per heavy atom. The quantitative estimate of drug-likeness (QED) is 0.491. The number of aromatic nitrogens is 1. The summed E-state index contributed by atoms with van der Waals surface area (Å²) in [5.74, 6) is 5.62. The van der Waals surface area contributed by atoms with Gasteiger partial charge < -0.3 is 20.3 Å². The number of thiazole rings is 1. The third kappa shape index (κ3) is 5.36. The lowest BCUT2D eigenvalue weighted by Gasteiger charge is -2.30. The number of carbonyl (C=O) groups excluding carboxylic acids is 1. The molecule has 1 unspecified atom stereocenters. The number of nitrogens with one attached hydrogen (secondary N) is 2. The van der Waals surface area contributed by atoms with Crippen LogP contribution in [-0.2, 0) is 4.79 Å². The fraction of sp³-hybridized carbons (Fsp3) is 0.385. The Bertz CT molecular complexity index is 1250. The average Bonchev–Trinajstić information content (AvgIpc) is 3.40. The van der Waals surface area contributed by atoms with Crippen molar-refractivity contribution in [1.82, 2.24) is 15.2 Å². The van der Waals surface area contributed by atoms with Gasteiger partial charge in [-0.15, -0.1) is 0 Å². The molecular weight excluding hydrogens is 434 g/mol. The molecule has 1 fully saturated rings. The Labute approximate surface area is 197 Å². The fourth-order valence-corrected chi connectivity index (χ4v) is 5.30. The Morgan fingerprint density at radius 2 is 2.15 bits per heavy atom. The van der Waals surface area contributed by atoms with Crippen molar-refractivity contribution in [1.29, 1.82) is 0 Å². The predicted molar refractivity (Wildman–Crippen MR) is 133 cm³/mol. The Hall–Kier alpha value is -2.92. The van der Waals surface area contributed by atoms with Gasteiger partial charge in [-0.3, -0.25) is 9.59 Å². The zero-order chi connectivity index (χ0) is 23.4. The molecule has 0 spiro atoms. The van der Waals surface area contributed by atoms with Crippen LogP contribution in [0.5, 0.6) is 0 Å². The lowest BCUT2D eigenvalue weighted by atomic mass is 9.79.